The fourth-order valence-corrected chi connectivity index (χ4v) is 3.80. The molecule has 1 amide bonds. The fraction of sp³-hybridized carbons (Fsp3) is 0.185. The molecular weight excluding hydrogens is 469 g/mol. The van der Waals surface area contributed by atoms with Crippen LogP contribution in [0.5, 0.6) is 11.6 Å². The van der Waals surface area contributed by atoms with E-state index < -0.39 is 5.82 Å². The van der Waals surface area contributed by atoms with E-state index in [1.807, 2.05) is 49.4 Å². The van der Waals surface area contributed by atoms with Crippen LogP contribution >= 0.6 is 11.6 Å². The molecule has 0 aliphatic heterocycles. The molecule has 0 bridgehead atoms. The molecule has 0 N–H and O–H groups in total. The molecule has 3 aromatic carbocycles. The molecule has 0 aliphatic rings. The van der Waals surface area contributed by atoms with E-state index in [9.17, 15) is 9.18 Å². The lowest BCUT2D eigenvalue weighted by Crippen LogP contribution is -2.33. The van der Waals surface area contributed by atoms with Crippen molar-refractivity contribution in [1.29, 1.82) is 0 Å². The maximum absolute atomic E-state index is 13.4. The normalized spacial score (nSPS) is 10.9. The minimum absolute atomic E-state index is 0.206. The largest absolute Gasteiger partial charge is 0.437 e. The molecule has 8 heteroatoms. The molecule has 0 fully saturated rings. The molecule has 0 radical (unpaired) electrons. The van der Waals surface area contributed by atoms with Gasteiger partial charge < -0.3 is 14.4 Å². The molecule has 4 rings (SSSR count). The van der Waals surface area contributed by atoms with E-state index >= 15 is 0 Å². The van der Waals surface area contributed by atoms with Crippen LogP contribution in [0.2, 0.25) is 5.02 Å². The van der Waals surface area contributed by atoms with Gasteiger partial charge in [-0.2, -0.15) is 5.10 Å². The predicted octanol–water partition coefficient (Wildman–Crippen LogP) is 6.05. The summed E-state index contributed by atoms with van der Waals surface area (Å²) >= 11 is 6.38. The zero-order valence-electron chi connectivity index (χ0n) is 19.4. The highest BCUT2D eigenvalue weighted by Gasteiger charge is 2.25. The number of nitrogens with zero attached hydrogens (tertiary/aromatic N) is 3. The van der Waals surface area contributed by atoms with Crippen LogP contribution < -0.4 is 4.74 Å². The molecule has 0 spiro atoms. The van der Waals surface area contributed by atoms with E-state index in [0.29, 0.717) is 41.1 Å². The first-order chi connectivity index (χ1) is 17.0. The first kappa shape index (κ1) is 24.4. The maximum Gasteiger partial charge on any atom is 0.254 e. The second-order valence-electron chi connectivity index (χ2n) is 7.88. The first-order valence-electron chi connectivity index (χ1n) is 11.1. The summed E-state index contributed by atoms with van der Waals surface area (Å²) in [6, 6.07) is 22.2. The van der Waals surface area contributed by atoms with Gasteiger partial charge in [-0.15, -0.1) is 0 Å². The Labute approximate surface area is 208 Å². The van der Waals surface area contributed by atoms with Gasteiger partial charge in [-0.05, 0) is 55.5 Å². The zero-order chi connectivity index (χ0) is 24.8. The number of ether oxygens (including phenoxy) is 2. The summed E-state index contributed by atoms with van der Waals surface area (Å²) in [5, 5.41) is 5.17. The van der Waals surface area contributed by atoms with Gasteiger partial charge in [0.1, 0.15) is 11.6 Å². The molecule has 0 saturated heterocycles. The summed E-state index contributed by atoms with van der Waals surface area (Å²) < 4.78 is 26.7. The highest BCUT2D eigenvalue weighted by atomic mass is 35.5. The molecule has 0 atom stereocenters. The number of rotatable bonds is 9. The van der Waals surface area contributed by atoms with Crippen LogP contribution in [0.3, 0.4) is 0 Å². The van der Waals surface area contributed by atoms with E-state index in [-0.39, 0.29) is 12.5 Å². The topological polar surface area (TPSA) is 56.6 Å². The number of carbonyl (C=O) groups is 1. The number of hydrogen-bond donors (Lipinski definition) is 0. The van der Waals surface area contributed by atoms with Gasteiger partial charge in [0.05, 0.1) is 35.1 Å². The summed E-state index contributed by atoms with van der Waals surface area (Å²) in [6.07, 6.45) is 0. The van der Waals surface area contributed by atoms with E-state index in [1.54, 1.807) is 28.8 Å². The molecule has 0 aliphatic carbocycles. The van der Waals surface area contributed by atoms with Gasteiger partial charge in [0.2, 0.25) is 5.88 Å². The quantitative estimate of drug-likeness (QED) is 0.284. The van der Waals surface area contributed by atoms with Crippen LogP contribution in [-0.4, -0.2) is 40.8 Å². The van der Waals surface area contributed by atoms with Crippen molar-refractivity contribution in [2.75, 3.05) is 20.3 Å². The Hall–Kier alpha value is -3.68. The van der Waals surface area contributed by atoms with Crippen molar-refractivity contribution in [3.05, 3.63) is 107 Å². The number of amides is 1. The van der Waals surface area contributed by atoms with Gasteiger partial charge in [-0.25, -0.2) is 9.07 Å². The Morgan fingerprint density at radius 2 is 1.71 bits per heavy atom. The van der Waals surface area contributed by atoms with Crippen molar-refractivity contribution in [2.45, 2.75) is 13.5 Å². The second kappa shape index (κ2) is 11.2. The Balaban J connectivity index is 1.76. The summed E-state index contributed by atoms with van der Waals surface area (Å²) in [5.41, 5.74) is 2.60. The molecular formula is C27H25ClFN3O3. The third-order valence-corrected chi connectivity index (χ3v) is 5.79. The van der Waals surface area contributed by atoms with E-state index in [2.05, 4.69) is 0 Å². The monoisotopic (exact) mass is 493 g/mol. The number of hydrogen-bond acceptors (Lipinski definition) is 4. The van der Waals surface area contributed by atoms with Crippen LogP contribution in [-0.2, 0) is 11.3 Å². The molecule has 0 saturated carbocycles. The van der Waals surface area contributed by atoms with Crippen molar-refractivity contribution in [1.82, 2.24) is 14.7 Å². The number of aromatic nitrogens is 2. The average Bonchev–Trinajstić information content (AvgIpc) is 3.18. The molecule has 180 valence electrons. The van der Waals surface area contributed by atoms with Crippen LogP contribution in [0.15, 0.2) is 78.9 Å². The Bertz CT molecular complexity index is 1290. The summed E-state index contributed by atoms with van der Waals surface area (Å²) in [5.74, 6) is 0.273. The summed E-state index contributed by atoms with van der Waals surface area (Å²) in [7, 11) is 1.57. The lowest BCUT2D eigenvalue weighted by atomic mass is 10.1. The highest BCUT2D eigenvalue weighted by molar-refractivity contribution is 6.32. The number of halogens is 2. The summed E-state index contributed by atoms with van der Waals surface area (Å²) in [4.78, 5) is 15.0. The molecule has 6 nitrogen and oxygen atoms in total. The van der Waals surface area contributed by atoms with Gasteiger partial charge in [0.25, 0.3) is 5.91 Å². The SMILES string of the molecule is COCCN(Cc1c(C)nn(-c2ccccc2)c1Oc1ccccc1Cl)C(=O)c1ccc(F)cc1. The van der Waals surface area contributed by atoms with Crippen LogP contribution in [0.25, 0.3) is 5.69 Å². The molecule has 4 aromatic rings. The number of carbonyl (C=O) groups excluding carboxylic acids is 1. The Morgan fingerprint density at radius 3 is 2.40 bits per heavy atom. The third-order valence-electron chi connectivity index (χ3n) is 5.47. The van der Waals surface area contributed by atoms with Gasteiger partial charge in [-0.1, -0.05) is 41.9 Å². The van der Waals surface area contributed by atoms with Crippen LogP contribution in [0.4, 0.5) is 4.39 Å². The van der Waals surface area contributed by atoms with Gasteiger partial charge in [0, 0.05) is 19.2 Å². The second-order valence-corrected chi connectivity index (χ2v) is 8.28. The first-order valence-corrected chi connectivity index (χ1v) is 11.5. The number of aryl methyl sites for hydroxylation is 1. The molecule has 35 heavy (non-hydrogen) atoms. The fourth-order valence-electron chi connectivity index (χ4n) is 3.62. The molecule has 1 aromatic heterocycles. The summed E-state index contributed by atoms with van der Waals surface area (Å²) in [6.45, 7) is 2.73. The molecule has 0 unspecified atom stereocenters. The molecule has 1 heterocycles. The van der Waals surface area contributed by atoms with Crippen molar-refractivity contribution in [3.8, 4) is 17.3 Å². The highest BCUT2D eigenvalue weighted by Crippen LogP contribution is 2.35. The number of benzene rings is 3. The van der Waals surface area contributed by atoms with E-state index in [0.717, 1.165) is 11.3 Å². The van der Waals surface area contributed by atoms with Crippen LogP contribution in [0, 0.1) is 12.7 Å². The van der Waals surface area contributed by atoms with Gasteiger partial charge >= 0.3 is 0 Å². The van der Waals surface area contributed by atoms with Crippen molar-refractivity contribution in [2.24, 2.45) is 0 Å². The lowest BCUT2D eigenvalue weighted by molar-refractivity contribution is 0.0679. The van der Waals surface area contributed by atoms with Crippen molar-refractivity contribution >= 4 is 17.5 Å². The minimum atomic E-state index is -0.402. The van der Waals surface area contributed by atoms with Crippen molar-refractivity contribution in [3.63, 3.8) is 0 Å². The van der Waals surface area contributed by atoms with E-state index in [4.69, 9.17) is 26.2 Å². The Kier molecular flexibility index (Phi) is 7.80. The van der Waals surface area contributed by atoms with Crippen molar-refractivity contribution < 1.29 is 18.7 Å². The number of para-hydroxylation sites is 2. The van der Waals surface area contributed by atoms with E-state index in [1.165, 1.54) is 24.3 Å². The third kappa shape index (κ3) is 5.70. The lowest BCUT2D eigenvalue weighted by Gasteiger charge is -2.23. The minimum Gasteiger partial charge on any atom is -0.437 e. The van der Waals surface area contributed by atoms with Gasteiger partial charge in [0.15, 0.2) is 0 Å². The smallest absolute Gasteiger partial charge is 0.254 e. The predicted molar refractivity (Wildman–Crippen MR) is 133 cm³/mol. The average molecular weight is 494 g/mol. The standard InChI is InChI=1S/C27H25ClFN3O3/c1-19-23(18-31(16-17-34-2)26(33)20-12-14-21(29)15-13-20)27(35-25-11-7-6-10-24(25)28)32(30-19)22-8-4-3-5-9-22/h3-15H,16-18H2,1-2H3. The Morgan fingerprint density at radius 1 is 1.03 bits per heavy atom. The maximum atomic E-state index is 13.4. The van der Waals surface area contributed by atoms with Crippen LogP contribution in [0.1, 0.15) is 21.6 Å². The number of methoxy groups -OCH3 is 1. The van der Waals surface area contributed by atoms with Gasteiger partial charge in [-0.3, -0.25) is 4.79 Å². The zero-order valence-corrected chi connectivity index (χ0v) is 20.2.